The van der Waals surface area contributed by atoms with Gasteiger partial charge in [0.05, 0.1) is 0 Å². The smallest absolute Gasteiger partial charge is 0.0308 e. The molecule has 1 unspecified atom stereocenters. The van der Waals surface area contributed by atoms with Crippen molar-refractivity contribution in [2.45, 2.75) is 50.3 Å². The zero-order chi connectivity index (χ0) is 12.5. The van der Waals surface area contributed by atoms with E-state index in [1.165, 1.54) is 45.4 Å². The zero-order valence-corrected chi connectivity index (χ0v) is 12.7. The Kier molecular flexibility index (Phi) is 4.11. The molecule has 0 radical (unpaired) electrons. The highest BCUT2D eigenvalue weighted by Crippen LogP contribution is 2.40. The first-order chi connectivity index (χ1) is 7.95. The molecular formula is C14H28N2S. The highest BCUT2D eigenvalue weighted by atomic mass is 32.2. The Morgan fingerprint density at radius 2 is 2.12 bits per heavy atom. The van der Waals surface area contributed by atoms with E-state index in [0.29, 0.717) is 10.3 Å². The van der Waals surface area contributed by atoms with Crippen molar-refractivity contribution >= 4 is 11.8 Å². The van der Waals surface area contributed by atoms with Crippen LogP contribution in [0.25, 0.3) is 0 Å². The van der Waals surface area contributed by atoms with Crippen LogP contribution in [-0.2, 0) is 0 Å². The second-order valence-corrected chi connectivity index (χ2v) is 8.16. The van der Waals surface area contributed by atoms with Crippen LogP contribution in [0.4, 0.5) is 0 Å². The molecule has 0 aromatic heterocycles. The number of hydrogen-bond donors (Lipinski definition) is 1. The molecule has 1 N–H and O–H groups in total. The fourth-order valence-corrected chi connectivity index (χ4v) is 3.32. The van der Waals surface area contributed by atoms with E-state index in [4.69, 9.17) is 0 Å². The summed E-state index contributed by atoms with van der Waals surface area (Å²) in [5.74, 6) is 0.931. The van der Waals surface area contributed by atoms with Gasteiger partial charge in [-0.05, 0) is 65.3 Å². The molecule has 100 valence electrons. The van der Waals surface area contributed by atoms with Gasteiger partial charge in [0.25, 0.3) is 0 Å². The molecule has 0 amide bonds. The van der Waals surface area contributed by atoms with E-state index < -0.39 is 0 Å². The molecule has 0 spiro atoms. The fourth-order valence-electron chi connectivity index (χ4n) is 3.01. The molecular weight excluding hydrogens is 228 g/mol. The van der Waals surface area contributed by atoms with E-state index in [1.54, 1.807) is 0 Å². The minimum absolute atomic E-state index is 0.380. The first-order valence-electron chi connectivity index (χ1n) is 6.98. The zero-order valence-electron chi connectivity index (χ0n) is 11.9. The Labute approximate surface area is 111 Å². The fraction of sp³-hybridized carbons (Fsp3) is 1.00. The maximum absolute atomic E-state index is 3.81. The van der Waals surface area contributed by atoms with Gasteiger partial charge in [-0.1, -0.05) is 0 Å². The lowest BCUT2D eigenvalue weighted by molar-refractivity contribution is 0.192. The second-order valence-electron chi connectivity index (χ2n) is 6.65. The molecule has 2 rings (SSSR count). The van der Waals surface area contributed by atoms with E-state index in [2.05, 4.69) is 37.2 Å². The lowest BCUT2D eigenvalue weighted by atomic mass is 9.95. The summed E-state index contributed by atoms with van der Waals surface area (Å²) in [6.07, 6.45) is 6.40. The quantitative estimate of drug-likeness (QED) is 0.832. The van der Waals surface area contributed by atoms with Crippen molar-refractivity contribution in [2.24, 2.45) is 5.92 Å². The Balaban J connectivity index is 1.97. The Morgan fingerprint density at radius 3 is 2.71 bits per heavy atom. The molecule has 1 saturated carbocycles. The van der Waals surface area contributed by atoms with Crippen LogP contribution < -0.4 is 5.32 Å². The predicted octanol–water partition coefficient (Wildman–Crippen LogP) is 2.59. The molecule has 17 heavy (non-hydrogen) atoms. The lowest BCUT2D eigenvalue weighted by Crippen LogP contribution is -2.52. The normalized spacial score (nSPS) is 32.5. The van der Waals surface area contributed by atoms with Crippen molar-refractivity contribution in [1.29, 1.82) is 0 Å². The standard InChI is InChI=1S/C14H28N2S/c1-13(2,17-4)10-16-9-5-8-15-14(3,11-16)12-6-7-12/h12,15H,5-11H2,1-4H3. The van der Waals surface area contributed by atoms with E-state index in [1.807, 2.05) is 11.8 Å². The molecule has 3 heteroatoms. The topological polar surface area (TPSA) is 15.3 Å². The highest BCUT2D eigenvalue weighted by Gasteiger charge is 2.43. The van der Waals surface area contributed by atoms with Crippen LogP contribution >= 0.6 is 11.8 Å². The van der Waals surface area contributed by atoms with Gasteiger partial charge in [-0.2, -0.15) is 11.8 Å². The summed E-state index contributed by atoms with van der Waals surface area (Å²) in [5.41, 5.74) is 0.380. The number of hydrogen-bond acceptors (Lipinski definition) is 3. The largest absolute Gasteiger partial charge is 0.310 e. The Hall–Kier alpha value is 0.270. The summed E-state index contributed by atoms with van der Waals surface area (Å²) in [6.45, 7) is 12.1. The van der Waals surface area contributed by atoms with Gasteiger partial charge < -0.3 is 10.2 Å². The maximum atomic E-state index is 3.81. The molecule has 1 aliphatic heterocycles. The van der Waals surface area contributed by atoms with Gasteiger partial charge in [0.1, 0.15) is 0 Å². The van der Waals surface area contributed by atoms with E-state index in [-0.39, 0.29) is 0 Å². The Morgan fingerprint density at radius 1 is 1.41 bits per heavy atom. The van der Waals surface area contributed by atoms with Gasteiger partial charge in [0.2, 0.25) is 0 Å². The van der Waals surface area contributed by atoms with Crippen LogP contribution in [0.1, 0.15) is 40.0 Å². The van der Waals surface area contributed by atoms with Gasteiger partial charge >= 0.3 is 0 Å². The number of nitrogens with one attached hydrogen (secondary N) is 1. The monoisotopic (exact) mass is 256 g/mol. The average molecular weight is 256 g/mol. The van der Waals surface area contributed by atoms with Crippen LogP contribution in [0.5, 0.6) is 0 Å². The van der Waals surface area contributed by atoms with Crippen molar-refractivity contribution in [3.8, 4) is 0 Å². The molecule has 1 atom stereocenters. The van der Waals surface area contributed by atoms with Crippen molar-refractivity contribution in [1.82, 2.24) is 10.2 Å². The first kappa shape index (κ1) is 13.7. The Bertz CT molecular complexity index is 263. The second kappa shape index (κ2) is 5.10. The average Bonchev–Trinajstić information content (AvgIpc) is 3.05. The van der Waals surface area contributed by atoms with E-state index in [9.17, 15) is 0 Å². The summed E-state index contributed by atoms with van der Waals surface area (Å²) in [5, 5.41) is 3.81. The summed E-state index contributed by atoms with van der Waals surface area (Å²) in [6, 6.07) is 0. The van der Waals surface area contributed by atoms with Crippen molar-refractivity contribution < 1.29 is 0 Å². The number of rotatable bonds is 4. The minimum Gasteiger partial charge on any atom is -0.310 e. The predicted molar refractivity (Wildman–Crippen MR) is 77.8 cm³/mol. The van der Waals surface area contributed by atoms with Gasteiger partial charge in [-0.25, -0.2) is 0 Å². The molecule has 1 saturated heterocycles. The van der Waals surface area contributed by atoms with Crippen LogP contribution in [0, 0.1) is 5.92 Å². The van der Waals surface area contributed by atoms with Gasteiger partial charge in [-0.3, -0.25) is 0 Å². The molecule has 1 heterocycles. The third-order valence-electron chi connectivity index (χ3n) is 4.37. The number of nitrogens with zero attached hydrogens (tertiary/aromatic N) is 1. The van der Waals surface area contributed by atoms with Gasteiger partial charge in [-0.15, -0.1) is 0 Å². The van der Waals surface area contributed by atoms with Crippen LogP contribution in [0.15, 0.2) is 0 Å². The third kappa shape index (κ3) is 3.62. The third-order valence-corrected chi connectivity index (χ3v) is 5.60. The molecule has 2 nitrogen and oxygen atoms in total. The van der Waals surface area contributed by atoms with Crippen molar-refractivity contribution in [2.75, 3.05) is 32.4 Å². The molecule has 0 bridgehead atoms. The van der Waals surface area contributed by atoms with Crippen molar-refractivity contribution in [3.05, 3.63) is 0 Å². The minimum atomic E-state index is 0.380. The van der Waals surface area contributed by atoms with Gasteiger partial charge in [0.15, 0.2) is 0 Å². The maximum Gasteiger partial charge on any atom is 0.0308 e. The van der Waals surface area contributed by atoms with E-state index >= 15 is 0 Å². The summed E-state index contributed by atoms with van der Waals surface area (Å²) in [4.78, 5) is 2.69. The molecule has 0 aromatic rings. The summed E-state index contributed by atoms with van der Waals surface area (Å²) in [7, 11) is 0. The molecule has 1 aliphatic carbocycles. The SMILES string of the molecule is CSC(C)(C)CN1CCCNC(C)(C2CC2)C1. The van der Waals surface area contributed by atoms with Crippen molar-refractivity contribution in [3.63, 3.8) is 0 Å². The highest BCUT2D eigenvalue weighted by molar-refractivity contribution is 7.99. The molecule has 2 fully saturated rings. The first-order valence-corrected chi connectivity index (χ1v) is 8.20. The van der Waals surface area contributed by atoms with Gasteiger partial charge in [0, 0.05) is 23.4 Å². The lowest BCUT2D eigenvalue weighted by Gasteiger charge is -2.37. The van der Waals surface area contributed by atoms with Crippen LogP contribution in [-0.4, -0.2) is 47.6 Å². The van der Waals surface area contributed by atoms with Crippen LogP contribution in [0.2, 0.25) is 0 Å². The number of thioether (sulfide) groups is 1. The molecule has 2 aliphatic rings. The summed E-state index contributed by atoms with van der Waals surface area (Å²) >= 11 is 1.99. The molecule has 0 aromatic carbocycles. The van der Waals surface area contributed by atoms with E-state index in [0.717, 1.165) is 5.92 Å². The summed E-state index contributed by atoms with van der Waals surface area (Å²) < 4.78 is 0.384. The van der Waals surface area contributed by atoms with Crippen LogP contribution in [0.3, 0.4) is 0 Å².